The van der Waals surface area contributed by atoms with Crippen molar-refractivity contribution in [3.8, 4) is 11.3 Å². The molecule has 0 saturated carbocycles. The van der Waals surface area contributed by atoms with Gasteiger partial charge in [0.2, 0.25) is 4.80 Å². The molecule has 0 atom stereocenters. The number of halogens is 1. The molecular weight excluding hydrogens is 422 g/mol. The van der Waals surface area contributed by atoms with Crippen LogP contribution in [0.1, 0.15) is 11.1 Å². The van der Waals surface area contributed by atoms with Gasteiger partial charge in [-0.25, -0.2) is 9.67 Å². The molecular formula is C21H24BrN3OS. The monoisotopic (exact) mass is 445 g/mol. The zero-order valence-corrected chi connectivity index (χ0v) is 18.1. The number of thiazole rings is 1. The maximum absolute atomic E-state index is 5.55. The maximum atomic E-state index is 5.55. The lowest BCUT2D eigenvalue weighted by molar-refractivity contribution is 0.111. The standard InChI is InChI=1S/C21H23N3OS.BrH/c1-16-8-9-19(17(2)14-16)22-21-24(23-10-12-25-13-11-23)20(15-26-21)18-6-4-3-5-7-18;/h3-9,14-15H,10-13H2,1-2H3;1H. The molecule has 3 aromatic rings. The first-order valence-electron chi connectivity index (χ1n) is 8.93. The molecule has 142 valence electrons. The third kappa shape index (κ3) is 4.34. The normalized spacial score (nSPS) is 14.9. The number of hydrogen-bond donors (Lipinski definition) is 0. The fraction of sp³-hybridized carbons (Fsp3) is 0.286. The summed E-state index contributed by atoms with van der Waals surface area (Å²) in [4.78, 5) is 6.00. The zero-order valence-electron chi connectivity index (χ0n) is 15.6. The van der Waals surface area contributed by atoms with Crippen molar-refractivity contribution in [2.75, 3.05) is 31.3 Å². The minimum atomic E-state index is 0. The highest BCUT2D eigenvalue weighted by Gasteiger charge is 2.17. The van der Waals surface area contributed by atoms with Gasteiger partial charge >= 0.3 is 0 Å². The number of rotatable bonds is 3. The Morgan fingerprint density at radius 2 is 1.74 bits per heavy atom. The predicted octanol–water partition coefficient (Wildman–Crippen LogP) is 4.61. The number of aromatic nitrogens is 1. The van der Waals surface area contributed by atoms with Crippen LogP contribution in [0.2, 0.25) is 0 Å². The van der Waals surface area contributed by atoms with E-state index in [1.807, 2.05) is 0 Å². The van der Waals surface area contributed by atoms with Gasteiger partial charge in [0.15, 0.2) is 0 Å². The summed E-state index contributed by atoms with van der Waals surface area (Å²) in [6.45, 7) is 7.48. The summed E-state index contributed by atoms with van der Waals surface area (Å²) in [5.74, 6) is 0. The molecule has 6 heteroatoms. The average molecular weight is 446 g/mol. The molecule has 1 aliphatic heterocycles. The number of ether oxygens (including phenoxy) is 1. The Hall–Kier alpha value is -1.89. The van der Waals surface area contributed by atoms with Gasteiger partial charge in [-0.1, -0.05) is 48.0 Å². The molecule has 2 heterocycles. The van der Waals surface area contributed by atoms with Crippen molar-refractivity contribution in [3.63, 3.8) is 0 Å². The Bertz CT molecular complexity index is 959. The second kappa shape index (κ2) is 8.87. The van der Waals surface area contributed by atoms with Gasteiger partial charge in [-0.2, -0.15) is 0 Å². The van der Waals surface area contributed by atoms with Crippen LogP contribution in [-0.4, -0.2) is 31.0 Å². The molecule has 0 N–H and O–H groups in total. The van der Waals surface area contributed by atoms with E-state index in [0.29, 0.717) is 0 Å². The molecule has 0 radical (unpaired) electrons. The minimum absolute atomic E-state index is 0. The number of nitrogens with zero attached hydrogens (tertiary/aromatic N) is 3. The van der Waals surface area contributed by atoms with Crippen LogP contribution in [0.5, 0.6) is 0 Å². The van der Waals surface area contributed by atoms with Crippen molar-refractivity contribution in [1.29, 1.82) is 0 Å². The van der Waals surface area contributed by atoms with Crippen LogP contribution >= 0.6 is 28.3 Å². The third-order valence-electron chi connectivity index (χ3n) is 4.59. The van der Waals surface area contributed by atoms with E-state index in [0.717, 1.165) is 36.8 Å². The molecule has 0 bridgehead atoms. The van der Waals surface area contributed by atoms with Gasteiger partial charge in [0, 0.05) is 10.9 Å². The first-order chi connectivity index (χ1) is 12.7. The summed E-state index contributed by atoms with van der Waals surface area (Å²) in [5.41, 5.74) is 5.88. The van der Waals surface area contributed by atoms with Gasteiger partial charge in [0.1, 0.15) is 0 Å². The quantitative estimate of drug-likeness (QED) is 0.588. The van der Waals surface area contributed by atoms with Crippen LogP contribution in [0, 0.1) is 13.8 Å². The number of aryl methyl sites for hydroxylation is 2. The highest BCUT2D eigenvalue weighted by molar-refractivity contribution is 8.93. The first-order valence-corrected chi connectivity index (χ1v) is 9.81. The summed E-state index contributed by atoms with van der Waals surface area (Å²) in [7, 11) is 0. The lowest BCUT2D eigenvalue weighted by Crippen LogP contribution is -2.48. The molecule has 1 saturated heterocycles. The number of hydrogen-bond acceptors (Lipinski definition) is 4. The molecule has 0 unspecified atom stereocenters. The fourth-order valence-electron chi connectivity index (χ4n) is 3.25. The second-order valence-electron chi connectivity index (χ2n) is 6.55. The molecule has 1 aromatic heterocycles. The SMILES string of the molecule is Br.Cc1ccc(N=c2scc(-c3ccccc3)n2N2CCOCC2)c(C)c1. The van der Waals surface area contributed by atoms with E-state index in [9.17, 15) is 0 Å². The first kappa shape index (κ1) is 19.9. The summed E-state index contributed by atoms with van der Waals surface area (Å²) in [6, 6.07) is 16.9. The fourth-order valence-corrected chi connectivity index (χ4v) is 4.16. The van der Waals surface area contributed by atoms with Crippen LogP contribution in [0.3, 0.4) is 0 Å². The van der Waals surface area contributed by atoms with Crippen LogP contribution in [-0.2, 0) is 4.74 Å². The van der Waals surface area contributed by atoms with Crippen molar-refractivity contribution in [2.24, 2.45) is 4.99 Å². The molecule has 0 spiro atoms. The van der Waals surface area contributed by atoms with E-state index in [2.05, 4.69) is 77.4 Å². The summed E-state index contributed by atoms with van der Waals surface area (Å²) in [6.07, 6.45) is 0. The lowest BCUT2D eigenvalue weighted by atomic mass is 10.1. The number of morpholine rings is 1. The summed E-state index contributed by atoms with van der Waals surface area (Å²) < 4.78 is 7.82. The second-order valence-corrected chi connectivity index (χ2v) is 7.39. The molecule has 2 aromatic carbocycles. The van der Waals surface area contributed by atoms with Crippen LogP contribution < -0.4 is 9.81 Å². The zero-order chi connectivity index (χ0) is 17.9. The third-order valence-corrected chi connectivity index (χ3v) is 5.41. The highest BCUT2D eigenvalue weighted by Crippen LogP contribution is 2.23. The molecule has 0 aliphatic carbocycles. The van der Waals surface area contributed by atoms with Gasteiger partial charge in [0.25, 0.3) is 0 Å². The predicted molar refractivity (Wildman–Crippen MR) is 118 cm³/mol. The van der Waals surface area contributed by atoms with E-state index in [-0.39, 0.29) is 17.0 Å². The summed E-state index contributed by atoms with van der Waals surface area (Å²) >= 11 is 1.69. The Labute approximate surface area is 174 Å². The van der Waals surface area contributed by atoms with Crippen molar-refractivity contribution < 1.29 is 4.74 Å². The van der Waals surface area contributed by atoms with Gasteiger partial charge in [-0.15, -0.1) is 28.3 Å². The maximum Gasteiger partial charge on any atom is 0.209 e. The molecule has 4 nitrogen and oxygen atoms in total. The Kier molecular flexibility index (Phi) is 6.52. The van der Waals surface area contributed by atoms with E-state index >= 15 is 0 Å². The van der Waals surface area contributed by atoms with Crippen LogP contribution in [0.4, 0.5) is 5.69 Å². The Morgan fingerprint density at radius 3 is 2.44 bits per heavy atom. The topological polar surface area (TPSA) is 29.8 Å². The Morgan fingerprint density at radius 1 is 1.00 bits per heavy atom. The molecule has 27 heavy (non-hydrogen) atoms. The van der Waals surface area contributed by atoms with E-state index in [4.69, 9.17) is 9.73 Å². The minimum Gasteiger partial charge on any atom is -0.378 e. The molecule has 4 rings (SSSR count). The van der Waals surface area contributed by atoms with Crippen molar-refractivity contribution >= 4 is 34.0 Å². The van der Waals surface area contributed by atoms with Gasteiger partial charge in [-0.05, 0) is 25.5 Å². The van der Waals surface area contributed by atoms with E-state index < -0.39 is 0 Å². The van der Waals surface area contributed by atoms with E-state index in [1.165, 1.54) is 22.4 Å². The van der Waals surface area contributed by atoms with Gasteiger partial charge < -0.3 is 9.75 Å². The van der Waals surface area contributed by atoms with Crippen LogP contribution in [0.25, 0.3) is 11.3 Å². The molecule has 1 fully saturated rings. The summed E-state index contributed by atoms with van der Waals surface area (Å²) in [5, 5.41) is 4.54. The van der Waals surface area contributed by atoms with Crippen molar-refractivity contribution in [1.82, 2.24) is 4.68 Å². The number of benzene rings is 2. The smallest absolute Gasteiger partial charge is 0.209 e. The molecule has 1 aliphatic rings. The van der Waals surface area contributed by atoms with Gasteiger partial charge in [-0.3, -0.25) is 0 Å². The van der Waals surface area contributed by atoms with Crippen molar-refractivity contribution in [3.05, 3.63) is 69.8 Å². The van der Waals surface area contributed by atoms with Crippen LogP contribution in [0.15, 0.2) is 58.9 Å². The average Bonchev–Trinajstić information content (AvgIpc) is 3.09. The highest BCUT2D eigenvalue weighted by atomic mass is 79.9. The van der Waals surface area contributed by atoms with Crippen molar-refractivity contribution in [2.45, 2.75) is 13.8 Å². The van der Waals surface area contributed by atoms with Gasteiger partial charge in [0.05, 0.1) is 37.7 Å². The largest absolute Gasteiger partial charge is 0.378 e. The Balaban J connectivity index is 0.00000210. The van der Waals surface area contributed by atoms with E-state index in [1.54, 1.807) is 11.3 Å². The lowest BCUT2D eigenvalue weighted by Gasteiger charge is -2.31. The molecule has 0 amide bonds.